The standard InChI is InChI=1S/C21H28N2O4Si.ClH/c1-5-20(24)23-19-13-11-18(12-14-19)21(15-16-22,17-9-7-6-8-10-17)28(25-2,26-3)27-4;/h5-14H,1,15-16,22H2,2-4H3,(H,23,24);1H. The first-order valence-corrected chi connectivity index (χ1v) is 10.7. The summed E-state index contributed by atoms with van der Waals surface area (Å²) in [4.78, 5) is 11.6. The van der Waals surface area contributed by atoms with Crippen molar-refractivity contribution >= 4 is 32.8 Å². The van der Waals surface area contributed by atoms with E-state index < -0.39 is 13.8 Å². The molecule has 0 saturated carbocycles. The summed E-state index contributed by atoms with van der Waals surface area (Å²) >= 11 is 0. The van der Waals surface area contributed by atoms with Crippen LogP contribution in [0, 0.1) is 0 Å². The molecule has 0 spiro atoms. The van der Waals surface area contributed by atoms with Crippen LogP contribution in [0.15, 0.2) is 67.3 Å². The van der Waals surface area contributed by atoms with Crippen molar-refractivity contribution in [1.29, 1.82) is 0 Å². The fourth-order valence-electron chi connectivity index (χ4n) is 3.71. The third-order valence-electron chi connectivity index (χ3n) is 4.95. The van der Waals surface area contributed by atoms with Gasteiger partial charge in [-0.15, -0.1) is 12.4 Å². The van der Waals surface area contributed by atoms with Crippen LogP contribution >= 0.6 is 12.4 Å². The number of carbonyl (C=O) groups excluding carboxylic acids is 1. The van der Waals surface area contributed by atoms with E-state index in [-0.39, 0.29) is 18.3 Å². The highest BCUT2D eigenvalue weighted by Crippen LogP contribution is 2.44. The Morgan fingerprint density at radius 1 is 1.03 bits per heavy atom. The molecule has 29 heavy (non-hydrogen) atoms. The third kappa shape index (κ3) is 4.77. The molecule has 2 aromatic rings. The lowest BCUT2D eigenvalue weighted by molar-refractivity contribution is -0.111. The van der Waals surface area contributed by atoms with Crippen molar-refractivity contribution < 1.29 is 18.1 Å². The van der Waals surface area contributed by atoms with Gasteiger partial charge in [-0.1, -0.05) is 49.0 Å². The molecule has 158 valence electrons. The van der Waals surface area contributed by atoms with Crippen molar-refractivity contribution in [2.75, 3.05) is 33.2 Å². The Balaban J connectivity index is 0.00000420. The van der Waals surface area contributed by atoms with Gasteiger partial charge in [-0.3, -0.25) is 4.79 Å². The van der Waals surface area contributed by atoms with Gasteiger partial charge in [0.1, 0.15) is 0 Å². The SMILES string of the molecule is C=CC(=O)Nc1ccc(C(CCN)(c2ccccc2)[Si](OC)(OC)OC)cc1.Cl. The van der Waals surface area contributed by atoms with E-state index in [0.29, 0.717) is 18.7 Å². The lowest BCUT2D eigenvalue weighted by Gasteiger charge is -2.44. The molecule has 3 N–H and O–H groups in total. The molecule has 0 bridgehead atoms. The van der Waals surface area contributed by atoms with Crippen LogP contribution in [0.5, 0.6) is 0 Å². The molecule has 0 aromatic heterocycles. The molecule has 1 amide bonds. The molecule has 0 aliphatic rings. The van der Waals surface area contributed by atoms with Gasteiger partial charge in [0.15, 0.2) is 0 Å². The Morgan fingerprint density at radius 2 is 1.55 bits per heavy atom. The van der Waals surface area contributed by atoms with Gasteiger partial charge in [0, 0.05) is 27.0 Å². The van der Waals surface area contributed by atoms with E-state index in [9.17, 15) is 4.79 Å². The van der Waals surface area contributed by atoms with E-state index in [1.54, 1.807) is 21.3 Å². The van der Waals surface area contributed by atoms with Gasteiger partial charge < -0.3 is 24.3 Å². The summed E-state index contributed by atoms with van der Waals surface area (Å²) in [7, 11) is 1.57. The highest BCUT2D eigenvalue weighted by Gasteiger charge is 2.61. The van der Waals surface area contributed by atoms with Crippen LogP contribution in [-0.2, 0) is 23.1 Å². The number of anilines is 1. The monoisotopic (exact) mass is 436 g/mol. The molecule has 0 saturated heterocycles. The smallest absolute Gasteiger partial charge is 0.376 e. The van der Waals surface area contributed by atoms with Gasteiger partial charge >= 0.3 is 8.80 Å². The van der Waals surface area contributed by atoms with Crippen LogP contribution in [0.1, 0.15) is 17.5 Å². The van der Waals surface area contributed by atoms with E-state index in [4.69, 9.17) is 19.0 Å². The minimum absolute atomic E-state index is 0. The fraction of sp³-hybridized carbons (Fsp3) is 0.286. The van der Waals surface area contributed by atoms with E-state index in [0.717, 1.165) is 11.1 Å². The number of benzene rings is 2. The molecule has 1 atom stereocenters. The van der Waals surface area contributed by atoms with E-state index in [2.05, 4.69) is 11.9 Å². The summed E-state index contributed by atoms with van der Waals surface area (Å²) in [6, 6.07) is 17.5. The first kappa shape index (κ1) is 25.0. The first-order chi connectivity index (χ1) is 13.5. The molecule has 2 rings (SSSR count). The Morgan fingerprint density at radius 3 is 2.00 bits per heavy atom. The second kappa shape index (κ2) is 11.3. The molecule has 0 fully saturated rings. The third-order valence-corrected chi connectivity index (χ3v) is 8.43. The van der Waals surface area contributed by atoms with Crippen molar-refractivity contribution in [3.05, 3.63) is 78.4 Å². The van der Waals surface area contributed by atoms with Gasteiger partial charge in [0.05, 0.1) is 5.04 Å². The number of amides is 1. The van der Waals surface area contributed by atoms with Gasteiger partial charge in [-0.2, -0.15) is 0 Å². The molecule has 1 unspecified atom stereocenters. The molecule has 2 aromatic carbocycles. The van der Waals surface area contributed by atoms with Crippen LogP contribution < -0.4 is 11.1 Å². The number of nitrogens with two attached hydrogens (primary N) is 1. The quantitative estimate of drug-likeness (QED) is 0.441. The Labute approximate surface area is 179 Å². The van der Waals surface area contributed by atoms with Gasteiger partial charge in [-0.05, 0) is 42.3 Å². The summed E-state index contributed by atoms with van der Waals surface area (Å²) in [5.41, 5.74) is 8.66. The second-order valence-electron chi connectivity index (χ2n) is 6.25. The predicted octanol–water partition coefficient (Wildman–Crippen LogP) is 3.29. The van der Waals surface area contributed by atoms with Gasteiger partial charge in [0.25, 0.3) is 0 Å². The summed E-state index contributed by atoms with van der Waals surface area (Å²) in [5, 5.41) is 2.05. The van der Waals surface area contributed by atoms with E-state index in [1.807, 2.05) is 54.6 Å². The average molecular weight is 437 g/mol. The van der Waals surface area contributed by atoms with Gasteiger partial charge in [0.2, 0.25) is 5.91 Å². The molecule has 8 heteroatoms. The molecular formula is C21H29ClN2O4Si. The Bertz CT molecular complexity index is 777. The number of halogens is 1. The van der Waals surface area contributed by atoms with Gasteiger partial charge in [-0.25, -0.2) is 0 Å². The normalized spacial score (nSPS) is 13.1. The number of hydrogen-bond acceptors (Lipinski definition) is 5. The minimum Gasteiger partial charge on any atom is -0.376 e. The molecule has 0 radical (unpaired) electrons. The van der Waals surface area contributed by atoms with Crippen molar-refractivity contribution in [3.8, 4) is 0 Å². The summed E-state index contributed by atoms with van der Waals surface area (Å²) < 4.78 is 17.8. The zero-order chi connectivity index (χ0) is 20.6. The summed E-state index contributed by atoms with van der Waals surface area (Å²) in [5.74, 6) is -0.265. The molecule has 0 aliphatic heterocycles. The van der Waals surface area contributed by atoms with Crippen molar-refractivity contribution in [3.63, 3.8) is 0 Å². The minimum atomic E-state index is -3.24. The summed E-state index contributed by atoms with van der Waals surface area (Å²) in [6.07, 6.45) is 1.80. The van der Waals surface area contributed by atoms with Crippen LogP contribution in [0.2, 0.25) is 0 Å². The highest BCUT2D eigenvalue weighted by atomic mass is 35.5. The largest absolute Gasteiger partial charge is 0.515 e. The second-order valence-corrected chi connectivity index (χ2v) is 9.44. The maximum atomic E-state index is 11.6. The van der Waals surface area contributed by atoms with E-state index in [1.165, 1.54) is 6.08 Å². The summed E-state index contributed by atoms with van der Waals surface area (Å²) in [6.45, 7) is 3.88. The van der Waals surface area contributed by atoms with Crippen molar-refractivity contribution in [1.82, 2.24) is 0 Å². The molecule has 0 aliphatic carbocycles. The zero-order valence-electron chi connectivity index (χ0n) is 17.0. The lowest BCUT2D eigenvalue weighted by Crippen LogP contribution is -2.62. The lowest BCUT2D eigenvalue weighted by atomic mass is 9.87. The molecule has 0 heterocycles. The zero-order valence-corrected chi connectivity index (χ0v) is 18.8. The van der Waals surface area contributed by atoms with Crippen molar-refractivity contribution in [2.24, 2.45) is 5.73 Å². The van der Waals surface area contributed by atoms with Crippen LogP contribution in [-0.4, -0.2) is 42.6 Å². The Hall–Kier alpha value is -2.00. The molecule has 6 nitrogen and oxygen atoms in total. The topological polar surface area (TPSA) is 82.8 Å². The maximum Gasteiger partial charge on any atom is 0.515 e. The first-order valence-electron chi connectivity index (χ1n) is 8.98. The number of rotatable bonds is 10. The number of nitrogens with one attached hydrogen (secondary N) is 1. The van der Waals surface area contributed by atoms with Crippen LogP contribution in [0.3, 0.4) is 0 Å². The Kier molecular flexibility index (Phi) is 9.71. The molecular weight excluding hydrogens is 408 g/mol. The van der Waals surface area contributed by atoms with Crippen molar-refractivity contribution in [2.45, 2.75) is 11.5 Å². The highest BCUT2D eigenvalue weighted by molar-refractivity contribution is 6.65. The fourth-order valence-corrected chi connectivity index (χ4v) is 6.74. The average Bonchev–Trinajstić information content (AvgIpc) is 2.75. The maximum absolute atomic E-state index is 11.6. The van der Waals surface area contributed by atoms with Crippen LogP contribution in [0.4, 0.5) is 5.69 Å². The number of hydrogen-bond donors (Lipinski definition) is 2. The van der Waals surface area contributed by atoms with E-state index >= 15 is 0 Å². The van der Waals surface area contributed by atoms with Crippen LogP contribution in [0.25, 0.3) is 0 Å². The predicted molar refractivity (Wildman–Crippen MR) is 120 cm³/mol. The number of carbonyl (C=O) groups is 1.